The van der Waals surface area contributed by atoms with Crippen LogP contribution in [0.3, 0.4) is 0 Å². The zero-order valence-electron chi connectivity index (χ0n) is 16.8. The highest BCUT2D eigenvalue weighted by atomic mass is 35.5. The van der Waals surface area contributed by atoms with Crippen LogP contribution in [0, 0.1) is 11.7 Å². The summed E-state index contributed by atoms with van der Waals surface area (Å²) in [6.45, 7) is 0. The molecule has 0 amide bonds. The van der Waals surface area contributed by atoms with E-state index in [2.05, 4.69) is 9.97 Å². The number of nitrogens with one attached hydrogen (secondary N) is 1. The van der Waals surface area contributed by atoms with E-state index in [-0.39, 0.29) is 21.4 Å². The van der Waals surface area contributed by atoms with Crippen LogP contribution < -0.4 is 0 Å². The molecule has 164 valence electrons. The summed E-state index contributed by atoms with van der Waals surface area (Å²) in [5.74, 6) is 1.11. The Morgan fingerprint density at radius 1 is 1.16 bits per heavy atom. The van der Waals surface area contributed by atoms with Gasteiger partial charge in [-0.15, -0.1) is 0 Å². The van der Waals surface area contributed by atoms with E-state index in [9.17, 15) is 13.7 Å². The number of imidazole rings is 1. The van der Waals surface area contributed by atoms with Crippen LogP contribution in [0.25, 0.3) is 22.2 Å². The number of nitrogens with zero attached hydrogens (tertiary/aromatic N) is 1. The van der Waals surface area contributed by atoms with Crippen molar-refractivity contribution in [1.82, 2.24) is 9.97 Å². The maximum absolute atomic E-state index is 14.3. The first-order valence-corrected chi connectivity index (χ1v) is 12.3. The lowest BCUT2D eigenvalue weighted by Gasteiger charge is -2.09. The van der Waals surface area contributed by atoms with E-state index >= 15 is 0 Å². The first-order valence-electron chi connectivity index (χ1n) is 10.2. The van der Waals surface area contributed by atoms with Crippen molar-refractivity contribution in [2.75, 3.05) is 5.75 Å². The van der Waals surface area contributed by atoms with E-state index in [1.54, 1.807) is 48.5 Å². The summed E-state index contributed by atoms with van der Waals surface area (Å²) in [5.41, 5.74) is 2.17. The Morgan fingerprint density at radius 3 is 2.56 bits per heavy atom. The summed E-state index contributed by atoms with van der Waals surface area (Å²) in [4.78, 5) is 8.28. The minimum atomic E-state index is -1.04. The fraction of sp³-hybridized carbons (Fsp3) is 0.208. The molecule has 2 N–H and O–H groups in total. The molecule has 0 aliphatic heterocycles. The predicted molar refractivity (Wildman–Crippen MR) is 126 cm³/mol. The van der Waals surface area contributed by atoms with Crippen LogP contribution >= 0.6 is 23.2 Å². The molecule has 2 unspecified atom stereocenters. The number of benzene rings is 3. The lowest BCUT2D eigenvalue weighted by Crippen LogP contribution is -2.03. The van der Waals surface area contributed by atoms with Crippen molar-refractivity contribution in [3.05, 3.63) is 81.8 Å². The topological polar surface area (TPSA) is 66.0 Å². The number of hydrogen-bond acceptors (Lipinski definition) is 3. The molecule has 0 saturated heterocycles. The van der Waals surface area contributed by atoms with Crippen LogP contribution in [-0.2, 0) is 10.8 Å². The summed E-state index contributed by atoms with van der Waals surface area (Å²) in [7, 11) is -1.03. The van der Waals surface area contributed by atoms with Crippen LogP contribution in [0.1, 0.15) is 30.3 Å². The van der Waals surface area contributed by atoms with Crippen LogP contribution in [-0.4, -0.2) is 25.0 Å². The summed E-state index contributed by atoms with van der Waals surface area (Å²) in [6, 6.07) is 14.9. The fourth-order valence-electron chi connectivity index (χ4n) is 3.69. The van der Waals surface area contributed by atoms with Gasteiger partial charge in [-0.2, -0.15) is 0 Å². The number of H-pyrrole nitrogens is 1. The van der Waals surface area contributed by atoms with Gasteiger partial charge >= 0.3 is 0 Å². The van der Waals surface area contributed by atoms with E-state index in [4.69, 9.17) is 23.2 Å². The minimum Gasteiger partial charge on any atom is -0.380 e. The summed E-state index contributed by atoms with van der Waals surface area (Å²) < 4.78 is 26.7. The first kappa shape index (κ1) is 21.6. The molecule has 1 aromatic heterocycles. The fourth-order valence-corrected chi connectivity index (χ4v) is 5.79. The van der Waals surface area contributed by atoms with E-state index in [0.717, 1.165) is 17.7 Å². The quantitative estimate of drug-likeness (QED) is 0.335. The molecule has 8 heteroatoms. The molecule has 3 aromatic carbocycles. The van der Waals surface area contributed by atoms with Crippen molar-refractivity contribution < 1.29 is 13.7 Å². The largest absolute Gasteiger partial charge is 0.380 e. The van der Waals surface area contributed by atoms with Crippen molar-refractivity contribution in [3.8, 4) is 11.1 Å². The molecule has 0 radical (unpaired) electrons. The number of fused-ring (bicyclic) bond motifs is 1. The molecule has 32 heavy (non-hydrogen) atoms. The van der Waals surface area contributed by atoms with Gasteiger partial charge in [-0.1, -0.05) is 53.5 Å². The van der Waals surface area contributed by atoms with Crippen molar-refractivity contribution in [2.45, 2.75) is 23.8 Å². The van der Waals surface area contributed by atoms with E-state index in [0.29, 0.717) is 33.8 Å². The van der Waals surface area contributed by atoms with Crippen molar-refractivity contribution in [3.63, 3.8) is 0 Å². The van der Waals surface area contributed by atoms with Gasteiger partial charge in [-0.3, -0.25) is 4.21 Å². The summed E-state index contributed by atoms with van der Waals surface area (Å²) in [5, 5.41) is 11.3. The Morgan fingerprint density at radius 2 is 1.88 bits per heavy atom. The molecule has 1 fully saturated rings. The molecule has 0 bridgehead atoms. The highest BCUT2D eigenvalue weighted by Gasteiger charge is 2.25. The number of aliphatic hydroxyl groups excluding tert-OH is 1. The maximum atomic E-state index is 14.3. The van der Waals surface area contributed by atoms with E-state index in [1.807, 2.05) is 0 Å². The minimum absolute atomic E-state index is 0.207. The molecule has 1 heterocycles. The average Bonchev–Trinajstić information content (AvgIpc) is 3.50. The average molecular weight is 489 g/mol. The van der Waals surface area contributed by atoms with Crippen LogP contribution in [0.4, 0.5) is 4.39 Å². The molecule has 4 aromatic rings. The highest BCUT2D eigenvalue weighted by Crippen LogP contribution is 2.41. The third-order valence-electron chi connectivity index (χ3n) is 5.63. The van der Waals surface area contributed by atoms with Gasteiger partial charge in [0.1, 0.15) is 23.3 Å². The zero-order chi connectivity index (χ0) is 22.4. The van der Waals surface area contributed by atoms with Gasteiger partial charge in [0.05, 0.1) is 26.4 Å². The standard InChI is InChI=1S/C24H19Cl2FN2O2S/c25-17-11-19-22(21(26)20(17)16-3-1-2-4-18(16)27)29-24(28-19)23(30)14-7-9-15(10-8-14)32(31)12-13-5-6-13/h1-4,7-11,13,23,30H,5-6,12H2,(H,28,29). The molecule has 0 spiro atoms. The van der Waals surface area contributed by atoms with Gasteiger partial charge in [0, 0.05) is 21.8 Å². The summed E-state index contributed by atoms with van der Waals surface area (Å²) in [6.07, 6.45) is 1.26. The molecule has 4 nitrogen and oxygen atoms in total. The van der Waals surface area contributed by atoms with Crippen LogP contribution in [0.5, 0.6) is 0 Å². The van der Waals surface area contributed by atoms with Gasteiger partial charge in [0.2, 0.25) is 0 Å². The molecule has 1 saturated carbocycles. The highest BCUT2D eigenvalue weighted by molar-refractivity contribution is 7.85. The molecule has 1 aliphatic carbocycles. The number of halogens is 3. The second-order valence-electron chi connectivity index (χ2n) is 7.97. The summed E-state index contributed by atoms with van der Waals surface area (Å²) >= 11 is 13.0. The Balaban J connectivity index is 1.47. The van der Waals surface area contributed by atoms with Crippen molar-refractivity contribution in [1.29, 1.82) is 0 Å². The second-order valence-corrected chi connectivity index (χ2v) is 10.3. The zero-order valence-corrected chi connectivity index (χ0v) is 19.1. The Kier molecular flexibility index (Phi) is 5.80. The SMILES string of the molecule is O=S(CC1CC1)c1ccc(C(O)c2nc3c(Cl)c(-c4ccccc4F)c(Cl)cc3[nH]2)cc1. The molecular weight excluding hydrogens is 470 g/mol. The third kappa shape index (κ3) is 4.08. The Hall–Kier alpha value is -2.25. The number of aromatic nitrogens is 2. The van der Waals surface area contributed by atoms with Crippen molar-refractivity contribution in [2.24, 2.45) is 5.92 Å². The Labute approximate surface area is 196 Å². The van der Waals surface area contributed by atoms with Crippen LogP contribution in [0.2, 0.25) is 10.0 Å². The van der Waals surface area contributed by atoms with Gasteiger partial charge in [0.25, 0.3) is 0 Å². The lowest BCUT2D eigenvalue weighted by atomic mass is 10.0. The predicted octanol–water partition coefficient (Wildman–Crippen LogP) is 6.28. The molecule has 5 rings (SSSR count). The number of aliphatic hydroxyl groups is 1. The van der Waals surface area contributed by atoms with Crippen molar-refractivity contribution >= 4 is 45.0 Å². The number of aromatic amines is 1. The molecular formula is C24H19Cl2FN2O2S. The van der Waals surface area contributed by atoms with Crippen LogP contribution in [0.15, 0.2) is 59.5 Å². The van der Waals surface area contributed by atoms with Gasteiger partial charge in [-0.25, -0.2) is 9.37 Å². The monoisotopic (exact) mass is 488 g/mol. The van der Waals surface area contributed by atoms with E-state index in [1.165, 1.54) is 6.07 Å². The first-order chi connectivity index (χ1) is 15.4. The van der Waals surface area contributed by atoms with Gasteiger partial charge in [0.15, 0.2) is 0 Å². The lowest BCUT2D eigenvalue weighted by molar-refractivity contribution is 0.211. The normalized spacial score (nSPS) is 15.8. The third-order valence-corrected chi connectivity index (χ3v) is 7.87. The Bertz CT molecular complexity index is 1340. The van der Waals surface area contributed by atoms with Gasteiger partial charge < -0.3 is 10.1 Å². The maximum Gasteiger partial charge on any atom is 0.140 e. The van der Waals surface area contributed by atoms with E-state index < -0.39 is 22.7 Å². The second kappa shape index (κ2) is 8.60. The molecule has 1 aliphatic rings. The van der Waals surface area contributed by atoms with Gasteiger partial charge in [-0.05, 0) is 48.6 Å². The number of hydrogen-bond donors (Lipinski definition) is 2. The molecule has 2 atom stereocenters. The smallest absolute Gasteiger partial charge is 0.140 e. The number of rotatable bonds is 6.